The van der Waals surface area contributed by atoms with Gasteiger partial charge in [-0.15, -0.1) is 0 Å². The molecule has 196 valence electrons. The van der Waals surface area contributed by atoms with Gasteiger partial charge in [0.15, 0.2) is 0 Å². The first-order chi connectivity index (χ1) is 18.5. The molecule has 0 atom stereocenters. The van der Waals surface area contributed by atoms with E-state index in [4.69, 9.17) is 11.6 Å². The number of nitrogens with zero attached hydrogens (tertiary/aromatic N) is 6. The SMILES string of the molecule is CC(=O)N1CCCN(Cc2ccccc2)CCN(C(=O)Cn2nc3ccccc3n2)Cc2cc(Cl)ccc21. The summed E-state index contributed by atoms with van der Waals surface area (Å²) in [6.07, 6.45) is 0.812. The van der Waals surface area contributed by atoms with Crippen molar-refractivity contribution < 1.29 is 9.59 Å². The number of halogens is 1. The van der Waals surface area contributed by atoms with E-state index in [2.05, 4.69) is 27.2 Å². The van der Waals surface area contributed by atoms with Crippen LogP contribution in [-0.2, 0) is 29.2 Å². The number of carbonyl (C=O) groups is 2. The summed E-state index contributed by atoms with van der Waals surface area (Å²) in [5, 5.41) is 9.52. The lowest BCUT2D eigenvalue weighted by Gasteiger charge is -2.28. The van der Waals surface area contributed by atoms with Gasteiger partial charge in [0.1, 0.15) is 17.6 Å². The minimum Gasteiger partial charge on any atom is -0.335 e. The van der Waals surface area contributed by atoms with Crippen molar-refractivity contribution >= 4 is 40.1 Å². The smallest absolute Gasteiger partial charge is 0.246 e. The van der Waals surface area contributed by atoms with E-state index in [-0.39, 0.29) is 18.4 Å². The molecule has 0 saturated carbocycles. The summed E-state index contributed by atoms with van der Waals surface area (Å²) in [4.78, 5) is 33.8. The Bertz CT molecular complexity index is 1390. The number of hydrogen-bond donors (Lipinski definition) is 0. The van der Waals surface area contributed by atoms with Crippen molar-refractivity contribution in [2.75, 3.05) is 31.1 Å². The van der Waals surface area contributed by atoms with Crippen LogP contribution < -0.4 is 4.90 Å². The van der Waals surface area contributed by atoms with Crippen LogP contribution in [0.5, 0.6) is 0 Å². The fourth-order valence-corrected chi connectivity index (χ4v) is 5.11. The maximum atomic E-state index is 13.7. The Hall–Kier alpha value is -3.75. The fraction of sp³-hybridized carbons (Fsp3) is 0.310. The molecule has 1 aromatic heterocycles. The first-order valence-electron chi connectivity index (χ1n) is 12.9. The molecule has 0 radical (unpaired) electrons. The highest BCUT2D eigenvalue weighted by molar-refractivity contribution is 6.30. The van der Waals surface area contributed by atoms with E-state index in [0.29, 0.717) is 31.2 Å². The van der Waals surface area contributed by atoms with Gasteiger partial charge in [0.25, 0.3) is 0 Å². The minimum atomic E-state index is -0.0930. The van der Waals surface area contributed by atoms with Crippen molar-refractivity contribution in [3.8, 4) is 0 Å². The second kappa shape index (κ2) is 11.8. The van der Waals surface area contributed by atoms with Gasteiger partial charge in [-0.1, -0.05) is 54.1 Å². The third-order valence-corrected chi connectivity index (χ3v) is 7.06. The maximum Gasteiger partial charge on any atom is 0.246 e. The molecule has 0 unspecified atom stereocenters. The largest absolute Gasteiger partial charge is 0.335 e. The monoisotopic (exact) mass is 530 g/mol. The second-order valence-corrected chi connectivity index (χ2v) is 10.0. The van der Waals surface area contributed by atoms with Crippen LogP contribution in [-0.4, -0.2) is 62.8 Å². The number of fused-ring (bicyclic) bond motifs is 2. The number of amides is 2. The first-order valence-corrected chi connectivity index (χ1v) is 13.2. The summed E-state index contributed by atoms with van der Waals surface area (Å²) in [5.41, 5.74) is 4.35. The molecule has 0 bridgehead atoms. The molecule has 8 nitrogen and oxygen atoms in total. The van der Waals surface area contributed by atoms with Gasteiger partial charge in [-0.2, -0.15) is 15.0 Å². The van der Waals surface area contributed by atoms with Crippen molar-refractivity contribution in [3.05, 3.63) is 88.9 Å². The van der Waals surface area contributed by atoms with Gasteiger partial charge >= 0.3 is 0 Å². The summed E-state index contributed by atoms with van der Waals surface area (Å²) in [6, 6.07) is 23.4. The molecule has 1 aliphatic rings. The molecule has 0 aliphatic carbocycles. The summed E-state index contributed by atoms with van der Waals surface area (Å²) in [7, 11) is 0. The summed E-state index contributed by atoms with van der Waals surface area (Å²) in [5.74, 6) is -0.128. The zero-order valence-corrected chi connectivity index (χ0v) is 22.2. The van der Waals surface area contributed by atoms with Crippen LogP contribution in [0.4, 0.5) is 5.69 Å². The first kappa shape index (κ1) is 25.9. The van der Waals surface area contributed by atoms with Crippen LogP contribution in [0, 0.1) is 0 Å². The van der Waals surface area contributed by atoms with Gasteiger partial charge in [-0.25, -0.2) is 0 Å². The molecule has 38 heavy (non-hydrogen) atoms. The van der Waals surface area contributed by atoms with E-state index in [1.807, 2.05) is 59.5 Å². The zero-order valence-electron chi connectivity index (χ0n) is 21.5. The normalized spacial score (nSPS) is 15.2. The molecule has 0 saturated heterocycles. The van der Waals surface area contributed by atoms with Crippen LogP contribution in [0.15, 0.2) is 72.8 Å². The molecule has 0 fully saturated rings. The van der Waals surface area contributed by atoms with E-state index in [1.54, 1.807) is 17.9 Å². The average molecular weight is 531 g/mol. The lowest BCUT2D eigenvalue weighted by Crippen LogP contribution is -2.40. The molecular weight excluding hydrogens is 500 g/mol. The van der Waals surface area contributed by atoms with Gasteiger partial charge in [-0.05, 0) is 47.9 Å². The Kier molecular flexibility index (Phi) is 8.00. The average Bonchev–Trinajstić information content (AvgIpc) is 3.30. The number of anilines is 1. The van der Waals surface area contributed by atoms with Gasteiger partial charge in [-0.3, -0.25) is 14.5 Å². The standard InChI is InChI=1S/C29H31ClN6O2/c1-22(37)35-15-7-14-33(19-23-8-3-2-4-9-23)16-17-34(20-24-18-25(30)12-13-28(24)35)29(38)21-36-31-26-10-5-6-11-27(26)32-36/h2-6,8-13,18H,7,14-17,19-21H2,1H3. The van der Waals surface area contributed by atoms with Crippen molar-refractivity contribution in [1.29, 1.82) is 0 Å². The fourth-order valence-electron chi connectivity index (χ4n) is 4.91. The Morgan fingerprint density at radius 1 is 0.868 bits per heavy atom. The van der Waals surface area contributed by atoms with Gasteiger partial charge in [0, 0.05) is 56.9 Å². The quantitative estimate of drug-likeness (QED) is 0.391. The van der Waals surface area contributed by atoms with E-state index in [9.17, 15) is 9.59 Å². The van der Waals surface area contributed by atoms with Crippen molar-refractivity contribution in [2.24, 2.45) is 0 Å². The predicted octanol–water partition coefficient (Wildman–Crippen LogP) is 4.37. The van der Waals surface area contributed by atoms with Crippen LogP contribution in [0.1, 0.15) is 24.5 Å². The van der Waals surface area contributed by atoms with Crippen LogP contribution in [0.25, 0.3) is 11.0 Å². The number of hydrogen-bond acceptors (Lipinski definition) is 5. The topological polar surface area (TPSA) is 74.6 Å². The molecule has 5 rings (SSSR count). The summed E-state index contributed by atoms with van der Waals surface area (Å²) < 4.78 is 0. The number of aromatic nitrogens is 3. The van der Waals surface area contributed by atoms with Gasteiger partial charge < -0.3 is 9.80 Å². The van der Waals surface area contributed by atoms with Crippen molar-refractivity contribution in [1.82, 2.24) is 24.8 Å². The number of carbonyl (C=O) groups excluding carboxylic acids is 2. The van der Waals surface area contributed by atoms with Gasteiger partial charge in [0.2, 0.25) is 11.8 Å². The minimum absolute atomic E-state index is 0.0275. The van der Waals surface area contributed by atoms with Crippen molar-refractivity contribution in [2.45, 2.75) is 33.0 Å². The highest BCUT2D eigenvalue weighted by Crippen LogP contribution is 2.27. The molecule has 1 aliphatic heterocycles. The third kappa shape index (κ3) is 6.20. The second-order valence-electron chi connectivity index (χ2n) is 9.59. The van der Waals surface area contributed by atoms with E-state index < -0.39 is 0 Å². The molecular formula is C29H31ClN6O2. The summed E-state index contributed by atoms with van der Waals surface area (Å²) >= 11 is 6.38. The molecule has 9 heteroatoms. The summed E-state index contributed by atoms with van der Waals surface area (Å²) in [6.45, 7) is 5.33. The van der Waals surface area contributed by atoms with Crippen LogP contribution in [0.3, 0.4) is 0 Å². The van der Waals surface area contributed by atoms with E-state index in [0.717, 1.165) is 41.8 Å². The molecule has 4 aromatic rings. The highest BCUT2D eigenvalue weighted by atomic mass is 35.5. The molecule has 2 amide bonds. The number of rotatable bonds is 4. The Morgan fingerprint density at radius 3 is 2.29 bits per heavy atom. The molecule has 3 aromatic carbocycles. The number of benzene rings is 3. The highest BCUT2D eigenvalue weighted by Gasteiger charge is 2.23. The van der Waals surface area contributed by atoms with E-state index >= 15 is 0 Å². The Labute approximate surface area is 227 Å². The predicted molar refractivity (Wildman–Crippen MR) is 149 cm³/mol. The third-order valence-electron chi connectivity index (χ3n) is 6.82. The van der Waals surface area contributed by atoms with Crippen LogP contribution >= 0.6 is 11.6 Å². The van der Waals surface area contributed by atoms with Gasteiger partial charge in [0.05, 0.1) is 0 Å². The lowest BCUT2D eigenvalue weighted by molar-refractivity contribution is -0.133. The molecule has 0 N–H and O–H groups in total. The Morgan fingerprint density at radius 2 is 1.58 bits per heavy atom. The van der Waals surface area contributed by atoms with E-state index in [1.165, 1.54) is 10.4 Å². The maximum absolute atomic E-state index is 13.7. The molecule has 2 heterocycles. The Balaban J connectivity index is 1.44. The zero-order chi connectivity index (χ0) is 26.5. The lowest BCUT2D eigenvalue weighted by atomic mass is 10.1. The van der Waals surface area contributed by atoms with Crippen molar-refractivity contribution in [3.63, 3.8) is 0 Å². The van der Waals surface area contributed by atoms with Crippen LogP contribution in [0.2, 0.25) is 5.02 Å². The molecule has 0 spiro atoms.